The summed E-state index contributed by atoms with van der Waals surface area (Å²) in [5.74, 6) is 0.513. The van der Waals surface area contributed by atoms with E-state index >= 15 is 0 Å². The van der Waals surface area contributed by atoms with E-state index in [2.05, 4.69) is 18.7 Å². The minimum atomic E-state index is 0.513. The van der Waals surface area contributed by atoms with E-state index in [1.807, 2.05) is 0 Å². The molecule has 0 aromatic heterocycles. The van der Waals surface area contributed by atoms with Crippen LogP contribution in [0.5, 0.6) is 0 Å². The third kappa shape index (κ3) is 1.54. The molecule has 3 atom stereocenters. The SMILES string of the molecule is CC1(C)CC1N1C2CCCC1CC(=O)C2. The van der Waals surface area contributed by atoms with Gasteiger partial charge in [-0.2, -0.15) is 0 Å². The Kier molecular flexibility index (Phi) is 2.01. The third-order valence-corrected chi connectivity index (χ3v) is 4.67. The molecule has 2 aliphatic heterocycles. The zero-order chi connectivity index (χ0) is 10.6. The lowest BCUT2D eigenvalue weighted by atomic mass is 9.83. The number of Topliss-reactive ketones (excluding diaryl/α,β-unsaturated/α-hetero) is 1. The fourth-order valence-corrected chi connectivity index (χ4v) is 3.67. The molecule has 2 heterocycles. The van der Waals surface area contributed by atoms with Crippen molar-refractivity contribution in [3.05, 3.63) is 0 Å². The van der Waals surface area contributed by atoms with Crippen LogP contribution in [0.25, 0.3) is 0 Å². The third-order valence-electron chi connectivity index (χ3n) is 4.67. The monoisotopic (exact) mass is 207 g/mol. The number of fused-ring (bicyclic) bond motifs is 2. The molecular formula is C13H21NO. The first-order chi connectivity index (χ1) is 7.08. The second-order valence-electron chi connectivity index (χ2n) is 6.34. The first-order valence-corrected chi connectivity index (χ1v) is 6.37. The molecule has 2 bridgehead atoms. The van der Waals surface area contributed by atoms with E-state index in [9.17, 15) is 4.79 Å². The molecule has 0 amide bonds. The molecule has 1 saturated carbocycles. The number of nitrogens with zero attached hydrogens (tertiary/aromatic N) is 1. The zero-order valence-corrected chi connectivity index (χ0v) is 9.83. The number of ketones is 1. The number of hydrogen-bond acceptors (Lipinski definition) is 2. The second kappa shape index (κ2) is 3.07. The molecule has 2 nitrogen and oxygen atoms in total. The summed E-state index contributed by atoms with van der Waals surface area (Å²) in [7, 11) is 0. The number of piperidine rings is 2. The highest BCUT2D eigenvalue weighted by Gasteiger charge is 2.54. The molecule has 15 heavy (non-hydrogen) atoms. The first kappa shape index (κ1) is 9.83. The maximum Gasteiger partial charge on any atom is 0.136 e. The number of carbonyl (C=O) groups is 1. The van der Waals surface area contributed by atoms with Crippen molar-refractivity contribution in [3.63, 3.8) is 0 Å². The fourth-order valence-electron chi connectivity index (χ4n) is 3.67. The number of carbonyl (C=O) groups excluding carboxylic acids is 1. The van der Waals surface area contributed by atoms with E-state index in [4.69, 9.17) is 0 Å². The van der Waals surface area contributed by atoms with Crippen LogP contribution in [-0.4, -0.2) is 28.8 Å². The molecule has 2 saturated heterocycles. The molecule has 2 heteroatoms. The quantitative estimate of drug-likeness (QED) is 0.658. The highest BCUT2D eigenvalue weighted by molar-refractivity contribution is 5.80. The van der Waals surface area contributed by atoms with E-state index in [-0.39, 0.29) is 0 Å². The summed E-state index contributed by atoms with van der Waals surface area (Å²) in [6, 6.07) is 1.97. The van der Waals surface area contributed by atoms with Gasteiger partial charge in [0.1, 0.15) is 5.78 Å². The summed E-state index contributed by atoms with van der Waals surface area (Å²) in [6.07, 6.45) is 6.87. The van der Waals surface area contributed by atoms with Crippen LogP contribution in [0.1, 0.15) is 52.4 Å². The summed E-state index contributed by atoms with van der Waals surface area (Å²) < 4.78 is 0. The molecule has 3 rings (SSSR count). The van der Waals surface area contributed by atoms with Crippen LogP contribution >= 0.6 is 0 Å². The standard InChI is InChI=1S/C13H21NO/c1-13(2)8-12(13)14-9-4-3-5-10(14)7-11(15)6-9/h9-10,12H,3-8H2,1-2H3. The van der Waals surface area contributed by atoms with Crippen molar-refractivity contribution in [1.82, 2.24) is 4.90 Å². The van der Waals surface area contributed by atoms with Gasteiger partial charge in [-0.05, 0) is 24.7 Å². The highest BCUT2D eigenvalue weighted by atomic mass is 16.1. The minimum Gasteiger partial charge on any atom is -0.300 e. The normalized spacial score (nSPS) is 44.1. The number of hydrogen-bond donors (Lipinski definition) is 0. The Balaban J connectivity index is 1.80. The topological polar surface area (TPSA) is 20.3 Å². The average molecular weight is 207 g/mol. The van der Waals surface area contributed by atoms with Crippen molar-refractivity contribution in [2.75, 3.05) is 0 Å². The van der Waals surface area contributed by atoms with Crippen molar-refractivity contribution in [1.29, 1.82) is 0 Å². The van der Waals surface area contributed by atoms with Crippen LogP contribution in [0.15, 0.2) is 0 Å². The van der Waals surface area contributed by atoms with Crippen molar-refractivity contribution in [3.8, 4) is 0 Å². The van der Waals surface area contributed by atoms with Gasteiger partial charge < -0.3 is 0 Å². The lowest BCUT2D eigenvalue weighted by Gasteiger charge is -2.46. The summed E-state index contributed by atoms with van der Waals surface area (Å²) in [5, 5.41) is 0. The Bertz CT molecular complexity index is 281. The molecule has 3 aliphatic rings. The van der Waals surface area contributed by atoms with Crippen molar-refractivity contribution >= 4 is 5.78 Å². The predicted octanol–water partition coefficient (Wildman–Crippen LogP) is 2.37. The van der Waals surface area contributed by atoms with Crippen LogP contribution in [0, 0.1) is 5.41 Å². The molecule has 0 aromatic carbocycles. The summed E-state index contributed by atoms with van der Waals surface area (Å²) in [4.78, 5) is 14.3. The average Bonchev–Trinajstić information content (AvgIpc) is 2.73. The van der Waals surface area contributed by atoms with Gasteiger partial charge in [-0.1, -0.05) is 20.3 Å². The van der Waals surface area contributed by atoms with Crippen LogP contribution in [-0.2, 0) is 4.79 Å². The molecular weight excluding hydrogens is 186 g/mol. The molecule has 0 aromatic rings. The van der Waals surface area contributed by atoms with Crippen LogP contribution in [0.4, 0.5) is 0 Å². The van der Waals surface area contributed by atoms with Crippen LogP contribution in [0.2, 0.25) is 0 Å². The van der Waals surface area contributed by atoms with Crippen molar-refractivity contribution in [2.24, 2.45) is 5.41 Å². The van der Waals surface area contributed by atoms with Crippen LogP contribution in [0.3, 0.4) is 0 Å². The minimum absolute atomic E-state index is 0.513. The maximum atomic E-state index is 11.6. The Hall–Kier alpha value is -0.370. The lowest BCUT2D eigenvalue weighted by molar-refractivity contribution is -0.127. The van der Waals surface area contributed by atoms with Gasteiger partial charge in [-0.3, -0.25) is 9.69 Å². The smallest absolute Gasteiger partial charge is 0.136 e. The first-order valence-electron chi connectivity index (χ1n) is 6.37. The molecule has 0 spiro atoms. The summed E-state index contributed by atoms with van der Waals surface area (Å²) >= 11 is 0. The predicted molar refractivity (Wildman–Crippen MR) is 59.7 cm³/mol. The largest absolute Gasteiger partial charge is 0.300 e. The van der Waals surface area contributed by atoms with Gasteiger partial charge in [0.15, 0.2) is 0 Å². The van der Waals surface area contributed by atoms with E-state index in [0.29, 0.717) is 23.3 Å². The van der Waals surface area contributed by atoms with Crippen molar-refractivity contribution < 1.29 is 4.79 Å². The van der Waals surface area contributed by atoms with E-state index in [1.54, 1.807) is 0 Å². The summed E-state index contributed by atoms with van der Waals surface area (Å²) in [6.45, 7) is 4.73. The van der Waals surface area contributed by atoms with Gasteiger partial charge in [0.05, 0.1) is 0 Å². The lowest BCUT2D eigenvalue weighted by Crippen LogP contribution is -2.54. The summed E-state index contributed by atoms with van der Waals surface area (Å²) in [5.41, 5.74) is 0.522. The Morgan fingerprint density at radius 2 is 1.73 bits per heavy atom. The fraction of sp³-hybridized carbons (Fsp3) is 0.923. The van der Waals surface area contributed by atoms with E-state index in [0.717, 1.165) is 18.9 Å². The molecule has 1 aliphatic carbocycles. The molecule has 3 fully saturated rings. The van der Waals surface area contributed by atoms with Gasteiger partial charge in [-0.15, -0.1) is 0 Å². The second-order valence-corrected chi connectivity index (χ2v) is 6.34. The van der Waals surface area contributed by atoms with Gasteiger partial charge in [0, 0.05) is 31.0 Å². The van der Waals surface area contributed by atoms with Gasteiger partial charge >= 0.3 is 0 Å². The Morgan fingerprint density at radius 3 is 2.20 bits per heavy atom. The molecule has 84 valence electrons. The molecule has 3 unspecified atom stereocenters. The van der Waals surface area contributed by atoms with Gasteiger partial charge in [-0.25, -0.2) is 0 Å². The highest BCUT2D eigenvalue weighted by Crippen LogP contribution is 2.52. The molecule has 0 N–H and O–H groups in total. The van der Waals surface area contributed by atoms with E-state index in [1.165, 1.54) is 25.7 Å². The van der Waals surface area contributed by atoms with Gasteiger partial charge in [0.2, 0.25) is 0 Å². The maximum absolute atomic E-state index is 11.6. The Labute approximate surface area is 92.0 Å². The molecule has 0 radical (unpaired) electrons. The zero-order valence-electron chi connectivity index (χ0n) is 9.83. The van der Waals surface area contributed by atoms with Crippen LogP contribution < -0.4 is 0 Å². The van der Waals surface area contributed by atoms with Gasteiger partial charge in [0.25, 0.3) is 0 Å². The van der Waals surface area contributed by atoms with Crippen molar-refractivity contribution in [2.45, 2.75) is 70.5 Å². The Morgan fingerprint density at radius 1 is 1.20 bits per heavy atom. The van der Waals surface area contributed by atoms with E-state index < -0.39 is 0 Å². The number of rotatable bonds is 1.